The zero-order chi connectivity index (χ0) is 18.7. The molecule has 0 bridgehead atoms. The van der Waals surface area contributed by atoms with E-state index in [-0.39, 0.29) is 0 Å². The lowest BCUT2D eigenvalue weighted by Crippen LogP contribution is -2.40. The van der Waals surface area contributed by atoms with Gasteiger partial charge in [0, 0.05) is 13.1 Å². The number of ether oxygens (including phenoxy) is 1. The van der Waals surface area contributed by atoms with Gasteiger partial charge in [-0.2, -0.15) is 0 Å². The van der Waals surface area contributed by atoms with Gasteiger partial charge in [0.05, 0.1) is 6.61 Å². The van der Waals surface area contributed by atoms with Crippen molar-refractivity contribution < 1.29 is 13.2 Å². The maximum atomic E-state index is 13.0. The van der Waals surface area contributed by atoms with Gasteiger partial charge in [0.15, 0.2) is 0 Å². The SMILES string of the molecule is O=S1(=O)C(c2ccccc2)CCCN1CCc1ccc(OCC2CC2)cc1. The van der Waals surface area contributed by atoms with Crippen molar-refractivity contribution in [2.75, 3.05) is 19.7 Å². The third kappa shape index (κ3) is 4.53. The van der Waals surface area contributed by atoms with E-state index in [1.54, 1.807) is 4.31 Å². The van der Waals surface area contributed by atoms with E-state index < -0.39 is 15.3 Å². The Morgan fingerprint density at radius 2 is 1.70 bits per heavy atom. The molecule has 1 heterocycles. The monoisotopic (exact) mass is 385 g/mol. The zero-order valence-corrected chi connectivity index (χ0v) is 16.4. The molecule has 0 N–H and O–H groups in total. The topological polar surface area (TPSA) is 46.6 Å². The Labute approximate surface area is 162 Å². The minimum atomic E-state index is -3.30. The van der Waals surface area contributed by atoms with Crippen LogP contribution in [-0.4, -0.2) is 32.4 Å². The van der Waals surface area contributed by atoms with Crippen molar-refractivity contribution in [1.29, 1.82) is 0 Å². The van der Waals surface area contributed by atoms with Gasteiger partial charge in [-0.25, -0.2) is 12.7 Å². The minimum Gasteiger partial charge on any atom is -0.493 e. The van der Waals surface area contributed by atoms with Gasteiger partial charge in [0.1, 0.15) is 11.0 Å². The van der Waals surface area contributed by atoms with Crippen LogP contribution in [-0.2, 0) is 16.4 Å². The summed E-state index contributed by atoms with van der Waals surface area (Å²) in [4.78, 5) is 0. The lowest BCUT2D eigenvalue weighted by atomic mass is 10.1. The third-order valence-electron chi connectivity index (χ3n) is 5.52. The zero-order valence-electron chi connectivity index (χ0n) is 15.6. The van der Waals surface area contributed by atoms with Gasteiger partial charge in [-0.05, 0) is 61.3 Å². The Morgan fingerprint density at radius 3 is 2.41 bits per heavy atom. The van der Waals surface area contributed by atoms with E-state index in [9.17, 15) is 8.42 Å². The van der Waals surface area contributed by atoms with Crippen molar-refractivity contribution >= 4 is 10.0 Å². The maximum Gasteiger partial charge on any atom is 0.221 e. The number of rotatable bonds is 7. The molecule has 4 nitrogen and oxygen atoms in total. The molecule has 2 aliphatic rings. The first-order chi connectivity index (χ1) is 13.1. The normalized spacial score (nSPS) is 22.4. The Bertz CT molecular complexity index is 845. The van der Waals surface area contributed by atoms with Gasteiger partial charge < -0.3 is 4.74 Å². The van der Waals surface area contributed by atoms with Crippen LogP contribution in [0.25, 0.3) is 0 Å². The van der Waals surface area contributed by atoms with Gasteiger partial charge in [0.25, 0.3) is 0 Å². The van der Waals surface area contributed by atoms with Crippen molar-refractivity contribution in [1.82, 2.24) is 4.31 Å². The standard InChI is InChI=1S/C22H27NO3S/c24-27(25)22(20-5-2-1-3-6-20)7-4-15-23(27)16-14-18-10-12-21(13-11-18)26-17-19-8-9-19/h1-3,5-6,10-13,19,22H,4,7-9,14-17H2. The summed E-state index contributed by atoms with van der Waals surface area (Å²) in [6.45, 7) is 1.97. The molecule has 1 saturated carbocycles. The number of sulfonamides is 1. The quantitative estimate of drug-likeness (QED) is 0.718. The molecule has 2 aromatic rings. The fourth-order valence-electron chi connectivity index (χ4n) is 3.66. The molecule has 0 radical (unpaired) electrons. The molecular weight excluding hydrogens is 358 g/mol. The molecule has 1 atom stereocenters. The number of benzene rings is 2. The van der Waals surface area contributed by atoms with Crippen molar-refractivity contribution in [2.45, 2.75) is 37.4 Å². The highest BCUT2D eigenvalue weighted by atomic mass is 32.2. The summed E-state index contributed by atoms with van der Waals surface area (Å²) in [6.07, 6.45) is 4.91. The summed E-state index contributed by atoms with van der Waals surface area (Å²) >= 11 is 0. The van der Waals surface area contributed by atoms with Crippen LogP contribution in [0.1, 0.15) is 42.1 Å². The second-order valence-electron chi connectivity index (χ2n) is 7.63. The molecule has 27 heavy (non-hydrogen) atoms. The lowest BCUT2D eigenvalue weighted by molar-refractivity contribution is 0.299. The van der Waals surface area contributed by atoms with E-state index >= 15 is 0 Å². The largest absolute Gasteiger partial charge is 0.493 e. The van der Waals surface area contributed by atoms with Crippen molar-refractivity contribution in [2.24, 2.45) is 5.92 Å². The average molecular weight is 386 g/mol. The molecule has 1 unspecified atom stereocenters. The summed E-state index contributed by atoms with van der Waals surface area (Å²) in [5.74, 6) is 1.65. The van der Waals surface area contributed by atoms with E-state index in [0.29, 0.717) is 19.5 Å². The van der Waals surface area contributed by atoms with Crippen LogP contribution in [0.2, 0.25) is 0 Å². The van der Waals surface area contributed by atoms with Crippen LogP contribution in [0.3, 0.4) is 0 Å². The van der Waals surface area contributed by atoms with Gasteiger partial charge in [-0.1, -0.05) is 42.5 Å². The average Bonchev–Trinajstić information content (AvgIpc) is 3.51. The molecule has 0 spiro atoms. The van der Waals surface area contributed by atoms with E-state index in [1.807, 2.05) is 54.6 Å². The minimum absolute atomic E-state index is 0.411. The highest BCUT2D eigenvalue weighted by molar-refractivity contribution is 7.89. The molecule has 2 fully saturated rings. The van der Waals surface area contributed by atoms with Crippen LogP contribution in [0, 0.1) is 5.92 Å². The van der Waals surface area contributed by atoms with Gasteiger partial charge >= 0.3 is 0 Å². The van der Waals surface area contributed by atoms with Gasteiger partial charge in [-0.3, -0.25) is 0 Å². The fraction of sp³-hybridized carbons (Fsp3) is 0.455. The van der Waals surface area contributed by atoms with Crippen LogP contribution in [0.5, 0.6) is 5.75 Å². The van der Waals surface area contributed by atoms with Gasteiger partial charge in [-0.15, -0.1) is 0 Å². The van der Waals surface area contributed by atoms with Gasteiger partial charge in [0.2, 0.25) is 10.0 Å². The molecule has 5 heteroatoms. The van der Waals surface area contributed by atoms with Crippen LogP contribution in [0.4, 0.5) is 0 Å². The molecular formula is C22H27NO3S. The molecule has 4 rings (SSSR count). The smallest absolute Gasteiger partial charge is 0.221 e. The first-order valence-corrected chi connectivity index (χ1v) is 11.4. The molecule has 1 aliphatic heterocycles. The highest BCUT2D eigenvalue weighted by Gasteiger charge is 2.36. The fourth-order valence-corrected chi connectivity index (χ4v) is 5.71. The lowest BCUT2D eigenvalue weighted by Gasteiger charge is -2.32. The molecule has 1 aliphatic carbocycles. The van der Waals surface area contributed by atoms with Crippen LogP contribution < -0.4 is 4.74 Å². The van der Waals surface area contributed by atoms with Crippen molar-refractivity contribution in [3.05, 3.63) is 65.7 Å². The Kier molecular flexibility index (Phi) is 5.50. The summed E-state index contributed by atoms with van der Waals surface area (Å²) in [6, 6.07) is 17.7. The molecule has 0 aromatic heterocycles. The second kappa shape index (κ2) is 8.03. The van der Waals surface area contributed by atoms with Crippen molar-refractivity contribution in [3.8, 4) is 5.75 Å². The van der Waals surface area contributed by atoms with E-state index in [1.165, 1.54) is 12.8 Å². The molecule has 1 saturated heterocycles. The predicted octanol–water partition coefficient (Wildman–Crippen LogP) is 4.18. The summed E-state index contributed by atoms with van der Waals surface area (Å²) < 4.78 is 33.5. The first kappa shape index (κ1) is 18.5. The van der Waals surface area contributed by atoms with E-state index in [2.05, 4.69) is 0 Å². The Morgan fingerprint density at radius 1 is 0.963 bits per heavy atom. The Balaban J connectivity index is 1.37. The highest BCUT2D eigenvalue weighted by Crippen LogP contribution is 2.34. The van der Waals surface area contributed by atoms with Crippen molar-refractivity contribution in [3.63, 3.8) is 0 Å². The number of hydrogen-bond acceptors (Lipinski definition) is 3. The second-order valence-corrected chi connectivity index (χ2v) is 9.75. The Hall–Kier alpha value is -1.85. The third-order valence-corrected chi connectivity index (χ3v) is 7.83. The van der Waals surface area contributed by atoms with Crippen LogP contribution in [0.15, 0.2) is 54.6 Å². The van der Waals surface area contributed by atoms with E-state index in [0.717, 1.165) is 42.2 Å². The van der Waals surface area contributed by atoms with Crippen LogP contribution >= 0.6 is 0 Å². The molecule has 144 valence electrons. The summed E-state index contributed by atoms with van der Waals surface area (Å²) in [7, 11) is -3.30. The summed E-state index contributed by atoms with van der Waals surface area (Å²) in [5, 5.41) is -0.411. The predicted molar refractivity (Wildman–Crippen MR) is 107 cm³/mol. The first-order valence-electron chi connectivity index (χ1n) is 9.88. The maximum absolute atomic E-state index is 13.0. The molecule has 0 amide bonds. The number of nitrogens with zero attached hydrogens (tertiary/aromatic N) is 1. The van der Waals surface area contributed by atoms with E-state index in [4.69, 9.17) is 4.74 Å². The number of hydrogen-bond donors (Lipinski definition) is 0. The summed E-state index contributed by atoms with van der Waals surface area (Å²) in [5.41, 5.74) is 2.05. The molecule has 2 aromatic carbocycles.